The highest BCUT2D eigenvalue weighted by Gasteiger charge is 2.17. The summed E-state index contributed by atoms with van der Waals surface area (Å²) in [6, 6.07) is 11.2. The number of rotatable bonds is 6. The Kier molecular flexibility index (Phi) is 5.85. The van der Waals surface area contributed by atoms with E-state index >= 15 is 0 Å². The lowest BCUT2D eigenvalue weighted by atomic mass is 9.99. The third-order valence-electron chi connectivity index (χ3n) is 5.36. The zero-order valence-electron chi connectivity index (χ0n) is 17.6. The minimum Gasteiger partial charge on any atom is -0.464 e. The number of halogens is 1. The van der Waals surface area contributed by atoms with E-state index in [9.17, 15) is 9.59 Å². The van der Waals surface area contributed by atoms with Crippen molar-refractivity contribution in [3.8, 4) is 11.1 Å². The van der Waals surface area contributed by atoms with Gasteiger partial charge in [0.1, 0.15) is 11.2 Å². The topological polar surface area (TPSA) is 75.7 Å². The van der Waals surface area contributed by atoms with Crippen molar-refractivity contribution in [1.29, 1.82) is 0 Å². The molecule has 0 aliphatic carbocycles. The Morgan fingerprint density at radius 1 is 1.10 bits per heavy atom. The van der Waals surface area contributed by atoms with Crippen LogP contribution < -0.4 is 10.9 Å². The zero-order chi connectivity index (χ0) is 22.1. The van der Waals surface area contributed by atoms with Gasteiger partial charge in [-0.1, -0.05) is 23.7 Å². The van der Waals surface area contributed by atoms with Gasteiger partial charge in [-0.3, -0.25) is 4.79 Å². The molecule has 2 aromatic heterocycles. The molecule has 160 valence electrons. The number of carbonyl (C=O) groups excluding carboxylic acids is 1. The van der Waals surface area contributed by atoms with Gasteiger partial charge < -0.3 is 19.1 Å². The van der Waals surface area contributed by atoms with Crippen LogP contribution in [0, 0.1) is 6.92 Å². The number of benzene rings is 2. The number of likely N-dealkylation sites (N-methyl/N-ethyl adjacent to an activating group) is 1. The Hall–Kier alpha value is -3.09. The van der Waals surface area contributed by atoms with Crippen LogP contribution in [0.2, 0.25) is 5.02 Å². The minimum absolute atomic E-state index is 0.0228. The van der Waals surface area contributed by atoms with Crippen LogP contribution in [-0.4, -0.2) is 38.0 Å². The van der Waals surface area contributed by atoms with Gasteiger partial charge in [0.2, 0.25) is 5.91 Å². The first-order valence-electron chi connectivity index (χ1n) is 9.98. The van der Waals surface area contributed by atoms with Crippen LogP contribution in [0.3, 0.4) is 0 Å². The van der Waals surface area contributed by atoms with Crippen molar-refractivity contribution in [2.45, 2.75) is 13.3 Å². The summed E-state index contributed by atoms with van der Waals surface area (Å²) in [6.45, 7) is 3.09. The maximum atomic E-state index is 12.6. The normalized spacial score (nSPS) is 11.5. The quantitative estimate of drug-likeness (QED) is 0.452. The van der Waals surface area contributed by atoms with Crippen LogP contribution in [0.4, 0.5) is 0 Å². The second kappa shape index (κ2) is 8.57. The lowest BCUT2D eigenvalue weighted by molar-refractivity contribution is -0.120. The van der Waals surface area contributed by atoms with Crippen LogP contribution in [0.15, 0.2) is 56.3 Å². The predicted octanol–water partition coefficient (Wildman–Crippen LogP) is 4.39. The molecule has 0 fully saturated rings. The summed E-state index contributed by atoms with van der Waals surface area (Å²) in [7, 11) is 3.87. The molecule has 1 N–H and O–H groups in total. The lowest BCUT2D eigenvalue weighted by Gasteiger charge is -2.11. The van der Waals surface area contributed by atoms with Gasteiger partial charge in [-0.15, -0.1) is 0 Å². The second-order valence-electron chi connectivity index (χ2n) is 7.82. The van der Waals surface area contributed by atoms with Gasteiger partial charge in [-0.05, 0) is 50.3 Å². The van der Waals surface area contributed by atoms with E-state index in [1.165, 1.54) is 0 Å². The molecule has 4 rings (SSSR count). The number of amides is 1. The van der Waals surface area contributed by atoms with Gasteiger partial charge >= 0.3 is 5.63 Å². The Labute approximate surface area is 184 Å². The third kappa shape index (κ3) is 4.36. The monoisotopic (exact) mass is 438 g/mol. The number of aryl methyl sites for hydroxylation is 1. The highest BCUT2D eigenvalue weighted by molar-refractivity contribution is 6.30. The highest BCUT2D eigenvalue weighted by Crippen LogP contribution is 2.35. The molecule has 31 heavy (non-hydrogen) atoms. The molecule has 0 saturated heterocycles. The average molecular weight is 439 g/mol. The van der Waals surface area contributed by atoms with Gasteiger partial charge in [-0.2, -0.15) is 0 Å². The first-order chi connectivity index (χ1) is 14.8. The van der Waals surface area contributed by atoms with Crippen molar-refractivity contribution in [3.05, 3.63) is 69.2 Å². The molecule has 2 aromatic carbocycles. The van der Waals surface area contributed by atoms with E-state index in [1.807, 2.05) is 56.3 Å². The molecule has 0 aliphatic heterocycles. The molecule has 1 amide bonds. The molecule has 0 aliphatic rings. The van der Waals surface area contributed by atoms with E-state index in [-0.39, 0.29) is 12.3 Å². The molecule has 0 spiro atoms. The number of nitrogens with zero attached hydrogens (tertiary/aromatic N) is 1. The van der Waals surface area contributed by atoms with Crippen LogP contribution >= 0.6 is 11.6 Å². The van der Waals surface area contributed by atoms with Gasteiger partial charge in [-0.25, -0.2) is 4.79 Å². The fourth-order valence-electron chi connectivity index (χ4n) is 3.61. The molecule has 0 bridgehead atoms. The first-order valence-corrected chi connectivity index (χ1v) is 10.4. The van der Waals surface area contributed by atoms with Gasteiger partial charge in [0, 0.05) is 40.5 Å². The molecule has 0 radical (unpaired) electrons. The summed E-state index contributed by atoms with van der Waals surface area (Å²) >= 11 is 6.01. The maximum Gasteiger partial charge on any atom is 0.340 e. The number of fused-ring (bicyclic) bond motifs is 2. The lowest BCUT2D eigenvalue weighted by Crippen LogP contribution is -2.33. The minimum atomic E-state index is -0.503. The summed E-state index contributed by atoms with van der Waals surface area (Å²) in [5.41, 5.74) is 3.54. The van der Waals surface area contributed by atoms with E-state index in [4.69, 9.17) is 20.4 Å². The molecular weight excluding hydrogens is 416 g/mol. The largest absolute Gasteiger partial charge is 0.464 e. The molecule has 2 heterocycles. The van der Waals surface area contributed by atoms with E-state index in [1.54, 1.807) is 12.3 Å². The second-order valence-corrected chi connectivity index (χ2v) is 8.26. The van der Waals surface area contributed by atoms with E-state index in [2.05, 4.69) is 5.32 Å². The van der Waals surface area contributed by atoms with E-state index < -0.39 is 5.63 Å². The molecular formula is C24H23ClN2O4. The molecule has 7 heteroatoms. The Bertz CT molecular complexity index is 1320. The number of furan rings is 1. The van der Waals surface area contributed by atoms with E-state index in [0.717, 1.165) is 34.0 Å². The van der Waals surface area contributed by atoms with Crippen LogP contribution in [-0.2, 0) is 11.2 Å². The highest BCUT2D eigenvalue weighted by atomic mass is 35.5. The Balaban J connectivity index is 1.73. The maximum absolute atomic E-state index is 12.6. The van der Waals surface area contributed by atoms with Crippen molar-refractivity contribution in [2.24, 2.45) is 0 Å². The molecule has 0 unspecified atom stereocenters. The molecule has 0 saturated carbocycles. The first kappa shape index (κ1) is 21.2. The molecule has 0 atom stereocenters. The average Bonchev–Trinajstić information content (AvgIpc) is 3.13. The summed E-state index contributed by atoms with van der Waals surface area (Å²) in [5.74, 6) is -0.206. The SMILES string of the molecule is Cc1c(CC(=O)NCCN(C)C)c(=O)oc2cc3occ(-c4ccc(Cl)cc4)c3cc12. The third-order valence-corrected chi connectivity index (χ3v) is 5.61. The summed E-state index contributed by atoms with van der Waals surface area (Å²) in [5, 5.41) is 5.17. The van der Waals surface area contributed by atoms with Crippen molar-refractivity contribution in [3.63, 3.8) is 0 Å². The zero-order valence-corrected chi connectivity index (χ0v) is 18.4. The Morgan fingerprint density at radius 2 is 1.84 bits per heavy atom. The summed E-state index contributed by atoms with van der Waals surface area (Å²) < 4.78 is 11.3. The van der Waals surface area contributed by atoms with E-state index in [0.29, 0.717) is 28.3 Å². The Morgan fingerprint density at radius 3 is 2.55 bits per heavy atom. The number of hydrogen-bond donors (Lipinski definition) is 1. The van der Waals surface area contributed by atoms with Gasteiger partial charge in [0.15, 0.2) is 0 Å². The van der Waals surface area contributed by atoms with Gasteiger partial charge in [0.25, 0.3) is 0 Å². The fourth-order valence-corrected chi connectivity index (χ4v) is 3.74. The smallest absolute Gasteiger partial charge is 0.340 e. The molecule has 4 aromatic rings. The molecule has 6 nitrogen and oxygen atoms in total. The number of carbonyl (C=O) groups is 1. The number of hydrogen-bond acceptors (Lipinski definition) is 5. The van der Waals surface area contributed by atoms with Crippen LogP contribution in [0.25, 0.3) is 33.1 Å². The predicted molar refractivity (Wildman–Crippen MR) is 123 cm³/mol. The van der Waals surface area contributed by atoms with Gasteiger partial charge in [0.05, 0.1) is 18.2 Å². The van der Waals surface area contributed by atoms with Crippen LogP contribution in [0.5, 0.6) is 0 Å². The number of nitrogens with one attached hydrogen (secondary N) is 1. The van der Waals surface area contributed by atoms with Crippen molar-refractivity contribution >= 4 is 39.4 Å². The fraction of sp³-hybridized carbons (Fsp3) is 0.250. The summed E-state index contributed by atoms with van der Waals surface area (Å²) in [4.78, 5) is 26.9. The van der Waals surface area contributed by atoms with Crippen molar-refractivity contribution in [1.82, 2.24) is 10.2 Å². The van der Waals surface area contributed by atoms with Crippen LogP contribution in [0.1, 0.15) is 11.1 Å². The van der Waals surface area contributed by atoms with Crippen molar-refractivity contribution < 1.29 is 13.6 Å². The van der Waals surface area contributed by atoms with Crippen molar-refractivity contribution in [2.75, 3.05) is 27.2 Å². The standard InChI is InChI=1S/C24H23ClN2O4/c1-14-17-10-19-20(15-4-6-16(25)7-5-15)13-30-21(19)12-22(17)31-24(29)18(14)11-23(28)26-8-9-27(2)3/h4-7,10,12-13H,8-9,11H2,1-3H3,(H,26,28). The summed E-state index contributed by atoms with van der Waals surface area (Å²) in [6.07, 6.45) is 1.66.